The van der Waals surface area contributed by atoms with E-state index in [2.05, 4.69) is 178 Å². The maximum absolute atomic E-state index is 8.13. The molecule has 0 spiro atoms. The SMILES string of the molecule is [B][P+](c1cc(C)cc(C)c1)(c1cc(C)cc(C)c1)c1cc2c(ccc3sc4c(CCC)c(CCC)c5sc6ccc7sc([P+]([B])(c8cc(C)cc(C)c8)c8cc(C)cc(C)c8)cc7c6c5c4c32)s1. The Kier molecular flexibility index (Phi) is 11.8. The van der Waals surface area contributed by atoms with Gasteiger partial charge in [0.25, 0.3) is 0 Å². The second-order valence-corrected chi connectivity index (χ2v) is 30.6. The minimum atomic E-state index is -2.53. The van der Waals surface area contributed by atoms with Gasteiger partial charge in [-0.1, -0.05) is 73.6 Å². The predicted molar refractivity (Wildman–Crippen MR) is 318 cm³/mol. The summed E-state index contributed by atoms with van der Waals surface area (Å²) in [4.78, 5) is 0. The maximum Gasteiger partial charge on any atom is 0.384 e. The van der Waals surface area contributed by atoms with Gasteiger partial charge in [0, 0.05) is 60.5 Å². The van der Waals surface area contributed by atoms with Gasteiger partial charge in [-0.2, -0.15) is 0 Å². The molecule has 4 aromatic heterocycles. The molecule has 0 saturated heterocycles. The van der Waals surface area contributed by atoms with E-state index in [4.69, 9.17) is 15.1 Å². The van der Waals surface area contributed by atoms with Crippen LogP contribution in [0.2, 0.25) is 0 Å². The number of aryl methyl sites for hydroxylation is 10. The molecule has 7 aromatic carbocycles. The average molecular weight is 989 g/mol. The third kappa shape index (κ3) is 7.42. The lowest BCUT2D eigenvalue weighted by atomic mass is 9.92. The zero-order valence-corrected chi connectivity index (χ0v) is 46.0. The van der Waals surface area contributed by atoms with Gasteiger partial charge in [-0.15, -0.1) is 22.7 Å². The standard InChI is InChI=1S/C60H56B2P2S4/c1-11-13-45-46(14-12-2)60-58(56-48-32-54(66-50(48)16-18-52(56)68-60)64(62,43-27-37(7)21-38(8)28-43)44-29-39(9)22-40(10)30-44)57-55-47-31-53(65-49(47)15-17-51(55)67-59(45)57)63(61,41-23-33(3)19-34(4)24-41)42-25-35(5)20-36(6)26-42/h15-32H,11-14H2,1-10H3/q+2. The first-order valence-electron chi connectivity index (χ1n) is 24.0. The highest BCUT2D eigenvalue weighted by Gasteiger charge is 2.44. The van der Waals surface area contributed by atoms with Crippen molar-refractivity contribution in [2.24, 2.45) is 0 Å². The van der Waals surface area contributed by atoms with Gasteiger partial charge < -0.3 is 0 Å². The number of thiophene rings is 4. The van der Waals surface area contributed by atoms with E-state index in [-0.39, 0.29) is 0 Å². The van der Waals surface area contributed by atoms with Gasteiger partial charge in [0.15, 0.2) is 0 Å². The lowest BCUT2D eigenvalue weighted by molar-refractivity contribution is 0.877. The molecule has 0 fully saturated rings. The van der Waals surface area contributed by atoms with Gasteiger partial charge in [0.1, 0.15) is 9.24 Å². The first-order chi connectivity index (χ1) is 32.6. The largest absolute Gasteiger partial charge is 0.384 e. The van der Waals surface area contributed by atoms with Crippen LogP contribution in [0.3, 0.4) is 0 Å². The van der Waals surface area contributed by atoms with Crippen LogP contribution in [0, 0.1) is 55.4 Å². The normalized spacial score (nSPS) is 12.6. The monoisotopic (exact) mass is 988 g/mol. The lowest BCUT2D eigenvalue weighted by Crippen LogP contribution is -2.30. The van der Waals surface area contributed by atoms with Crippen LogP contribution in [0.4, 0.5) is 0 Å². The summed E-state index contributed by atoms with van der Waals surface area (Å²) in [6, 6.07) is 42.6. The van der Waals surface area contributed by atoms with E-state index in [0.29, 0.717) is 0 Å². The highest BCUT2D eigenvalue weighted by atomic mass is 32.1. The highest BCUT2D eigenvalue weighted by Crippen LogP contribution is 2.58. The van der Waals surface area contributed by atoms with Crippen molar-refractivity contribution < 1.29 is 0 Å². The fourth-order valence-corrected chi connectivity index (χ4v) is 24.2. The first-order valence-corrected chi connectivity index (χ1v) is 31.0. The molecular weight excluding hydrogens is 932 g/mol. The molecule has 4 heterocycles. The fourth-order valence-electron chi connectivity index (χ4n) is 11.4. The van der Waals surface area contributed by atoms with Crippen LogP contribution in [0.5, 0.6) is 0 Å². The van der Waals surface area contributed by atoms with E-state index in [1.807, 2.05) is 45.3 Å². The van der Waals surface area contributed by atoms with Gasteiger partial charge in [0.2, 0.25) is 0 Å². The summed E-state index contributed by atoms with van der Waals surface area (Å²) in [7, 11) is 11.2. The molecule has 0 aliphatic heterocycles. The van der Waals surface area contributed by atoms with Crippen LogP contribution in [-0.4, -0.2) is 15.1 Å². The molecule has 68 heavy (non-hydrogen) atoms. The van der Waals surface area contributed by atoms with E-state index in [0.717, 1.165) is 25.7 Å². The quantitative estimate of drug-likeness (QED) is 0.0946. The van der Waals surface area contributed by atoms with Crippen LogP contribution in [0.1, 0.15) is 82.3 Å². The number of hydrogen-bond acceptors (Lipinski definition) is 4. The van der Waals surface area contributed by atoms with Crippen molar-refractivity contribution >= 4 is 166 Å². The molecule has 0 amide bonds. The Morgan fingerprint density at radius 1 is 0.353 bits per heavy atom. The molecule has 0 atom stereocenters. The predicted octanol–water partition coefficient (Wildman–Crippen LogP) is 16.0. The smallest absolute Gasteiger partial charge is 0.135 e. The van der Waals surface area contributed by atoms with Crippen molar-refractivity contribution in [1.29, 1.82) is 0 Å². The van der Waals surface area contributed by atoms with Crippen LogP contribution < -0.4 is 30.5 Å². The van der Waals surface area contributed by atoms with E-state index < -0.39 is 14.3 Å². The molecule has 11 rings (SSSR count). The zero-order chi connectivity index (χ0) is 47.6. The minimum Gasteiger partial charge on any atom is -0.135 e. The van der Waals surface area contributed by atoms with Gasteiger partial charge in [-0.05, 0) is 209 Å². The van der Waals surface area contributed by atoms with E-state index in [1.165, 1.54) is 135 Å². The van der Waals surface area contributed by atoms with Crippen molar-refractivity contribution in [2.75, 3.05) is 0 Å². The second-order valence-electron chi connectivity index (χ2n) is 19.8. The van der Waals surface area contributed by atoms with Crippen molar-refractivity contribution in [3.8, 4) is 0 Å². The highest BCUT2D eigenvalue weighted by molar-refractivity contribution is 8.16. The van der Waals surface area contributed by atoms with Gasteiger partial charge in [-0.3, -0.25) is 0 Å². The van der Waals surface area contributed by atoms with E-state index in [9.17, 15) is 0 Å². The topological polar surface area (TPSA) is 0 Å². The lowest BCUT2D eigenvalue weighted by Gasteiger charge is -2.23. The Morgan fingerprint density at radius 2 is 0.632 bits per heavy atom. The third-order valence-corrected chi connectivity index (χ3v) is 26.4. The molecule has 8 heteroatoms. The Balaban J connectivity index is 1.26. The molecule has 0 N–H and O–H groups in total. The minimum absolute atomic E-state index is 1.07. The van der Waals surface area contributed by atoms with Crippen LogP contribution >= 0.6 is 59.6 Å². The molecule has 0 saturated carbocycles. The van der Waals surface area contributed by atoms with Crippen LogP contribution in [-0.2, 0) is 12.8 Å². The molecule has 4 radical (unpaired) electrons. The van der Waals surface area contributed by atoms with Crippen molar-refractivity contribution in [1.82, 2.24) is 0 Å². The number of fused-ring (bicyclic) bond motifs is 11. The third-order valence-electron chi connectivity index (χ3n) is 14.0. The Hall–Kier alpha value is -4.11. The van der Waals surface area contributed by atoms with Crippen LogP contribution in [0.25, 0.3) is 60.5 Å². The second kappa shape index (κ2) is 17.3. The Labute approximate surface area is 422 Å². The molecule has 0 aliphatic rings. The molecule has 0 aliphatic carbocycles. The Morgan fingerprint density at radius 3 is 0.912 bits per heavy atom. The molecule has 11 aromatic rings. The van der Waals surface area contributed by atoms with Gasteiger partial charge in [0.05, 0.1) is 35.5 Å². The average Bonchev–Trinajstić information content (AvgIpc) is 4.08. The Bertz CT molecular complexity index is 3430. The summed E-state index contributed by atoms with van der Waals surface area (Å²) < 4.78 is 10.8. The summed E-state index contributed by atoms with van der Waals surface area (Å²) in [5, 5.41) is 13.3. The van der Waals surface area contributed by atoms with Gasteiger partial charge in [-0.25, -0.2) is 0 Å². The fraction of sp³-hybridized carbons (Fsp3) is 0.233. The summed E-state index contributed by atoms with van der Waals surface area (Å²) in [6.07, 6.45) is 4.36. The number of rotatable bonds is 10. The number of hydrogen-bond donors (Lipinski definition) is 0. The van der Waals surface area contributed by atoms with Crippen molar-refractivity contribution in [3.63, 3.8) is 0 Å². The molecule has 334 valence electrons. The summed E-state index contributed by atoms with van der Waals surface area (Å²) >= 11 is 7.86. The van der Waals surface area contributed by atoms with Crippen molar-refractivity contribution in [2.45, 2.75) is 94.9 Å². The molecule has 0 unspecified atom stereocenters. The molecule has 0 bridgehead atoms. The molecule has 0 nitrogen and oxygen atoms in total. The van der Waals surface area contributed by atoms with Crippen molar-refractivity contribution in [3.05, 3.63) is 165 Å². The van der Waals surface area contributed by atoms with E-state index in [1.54, 1.807) is 11.1 Å². The zero-order valence-electron chi connectivity index (χ0n) is 40.9. The van der Waals surface area contributed by atoms with Gasteiger partial charge >= 0.3 is 15.1 Å². The maximum atomic E-state index is 8.13. The summed E-state index contributed by atoms with van der Waals surface area (Å²) in [5.74, 6) is 0. The van der Waals surface area contributed by atoms with E-state index >= 15 is 0 Å². The summed E-state index contributed by atoms with van der Waals surface area (Å²) in [5.41, 5.74) is 13.1. The summed E-state index contributed by atoms with van der Waals surface area (Å²) in [6.45, 7) is 22.4. The molecular formula is C60H56B2P2S4+2. The van der Waals surface area contributed by atoms with Crippen LogP contribution in [0.15, 0.2) is 109 Å². The first kappa shape index (κ1) is 46.3. The number of benzene rings is 7.